The summed E-state index contributed by atoms with van der Waals surface area (Å²) >= 11 is 17.3. The predicted molar refractivity (Wildman–Crippen MR) is 82.2 cm³/mol. The molecule has 19 heavy (non-hydrogen) atoms. The van der Waals surface area contributed by atoms with Crippen LogP contribution >= 0.6 is 35.4 Å². The Hall–Kier alpha value is -0.620. The average Bonchev–Trinajstić information content (AvgIpc) is 2.90. The van der Waals surface area contributed by atoms with E-state index < -0.39 is 0 Å². The van der Waals surface area contributed by atoms with Gasteiger partial charge in [-0.3, -0.25) is 0 Å². The first-order chi connectivity index (χ1) is 9.08. The Labute approximate surface area is 127 Å². The Morgan fingerprint density at radius 2 is 2.37 bits per heavy atom. The van der Waals surface area contributed by atoms with E-state index in [1.54, 1.807) is 6.20 Å². The molecule has 0 aromatic carbocycles. The molecule has 2 heterocycles. The van der Waals surface area contributed by atoms with Gasteiger partial charge >= 0.3 is 0 Å². The van der Waals surface area contributed by atoms with Gasteiger partial charge in [-0.2, -0.15) is 0 Å². The lowest BCUT2D eigenvalue weighted by Gasteiger charge is -2.15. The first-order valence-electron chi connectivity index (χ1n) is 6.05. The van der Waals surface area contributed by atoms with Gasteiger partial charge in [0.15, 0.2) is 10.9 Å². The van der Waals surface area contributed by atoms with Gasteiger partial charge in [0.1, 0.15) is 0 Å². The second-order valence-electron chi connectivity index (χ2n) is 4.36. The molecule has 0 saturated carbocycles. The summed E-state index contributed by atoms with van der Waals surface area (Å²) in [4.78, 5) is 4.12. The van der Waals surface area contributed by atoms with Crippen LogP contribution in [0.3, 0.4) is 0 Å². The zero-order valence-electron chi connectivity index (χ0n) is 10.5. The summed E-state index contributed by atoms with van der Waals surface area (Å²) < 4.78 is 5.50. The SMILES string of the molecule is Cc1c(Cl)cnc(NC(=S)NC[C@@H]2CCCO2)c1Cl. The molecule has 1 aliphatic heterocycles. The van der Waals surface area contributed by atoms with E-state index in [-0.39, 0.29) is 6.10 Å². The molecular formula is C12H15Cl2N3OS. The van der Waals surface area contributed by atoms with Crippen molar-refractivity contribution in [2.24, 2.45) is 0 Å². The van der Waals surface area contributed by atoms with Gasteiger partial charge in [0.05, 0.1) is 16.1 Å². The topological polar surface area (TPSA) is 46.2 Å². The molecule has 0 amide bonds. The molecule has 1 atom stereocenters. The lowest BCUT2D eigenvalue weighted by molar-refractivity contribution is 0.114. The van der Waals surface area contributed by atoms with Crippen LogP contribution < -0.4 is 10.6 Å². The summed E-state index contributed by atoms with van der Waals surface area (Å²) in [6, 6.07) is 0. The number of rotatable bonds is 3. The summed E-state index contributed by atoms with van der Waals surface area (Å²) in [6.07, 6.45) is 3.95. The quantitative estimate of drug-likeness (QED) is 0.838. The molecule has 1 aromatic heterocycles. The van der Waals surface area contributed by atoms with Crippen molar-refractivity contribution in [1.29, 1.82) is 0 Å². The molecule has 104 valence electrons. The van der Waals surface area contributed by atoms with E-state index in [1.165, 1.54) is 0 Å². The van der Waals surface area contributed by atoms with E-state index in [0.717, 1.165) is 25.0 Å². The molecular weight excluding hydrogens is 305 g/mol. The number of thiocarbonyl (C=S) groups is 1. The highest BCUT2D eigenvalue weighted by molar-refractivity contribution is 7.80. The first kappa shape index (κ1) is 14.8. The molecule has 0 bridgehead atoms. The maximum absolute atomic E-state index is 6.15. The Morgan fingerprint density at radius 1 is 1.58 bits per heavy atom. The highest BCUT2D eigenvalue weighted by Gasteiger charge is 2.16. The van der Waals surface area contributed by atoms with Gasteiger partial charge < -0.3 is 15.4 Å². The summed E-state index contributed by atoms with van der Waals surface area (Å²) in [5.41, 5.74) is 0.780. The van der Waals surface area contributed by atoms with Gasteiger partial charge in [0, 0.05) is 19.3 Å². The Balaban J connectivity index is 1.89. The van der Waals surface area contributed by atoms with Crippen LogP contribution in [-0.4, -0.2) is 29.4 Å². The van der Waals surface area contributed by atoms with Crippen LogP contribution in [0, 0.1) is 6.92 Å². The normalized spacial score (nSPS) is 18.4. The second kappa shape index (κ2) is 6.70. The van der Waals surface area contributed by atoms with Gasteiger partial charge in [-0.05, 0) is 37.5 Å². The summed E-state index contributed by atoms with van der Waals surface area (Å²) in [5, 5.41) is 7.56. The van der Waals surface area contributed by atoms with E-state index in [1.807, 2.05) is 6.92 Å². The lowest BCUT2D eigenvalue weighted by Crippen LogP contribution is -2.35. The molecule has 2 rings (SSSR count). The zero-order valence-corrected chi connectivity index (χ0v) is 12.8. The monoisotopic (exact) mass is 319 g/mol. The number of ether oxygens (including phenoxy) is 1. The number of halogens is 2. The minimum Gasteiger partial charge on any atom is -0.376 e. The summed E-state index contributed by atoms with van der Waals surface area (Å²) in [6.45, 7) is 3.35. The van der Waals surface area contributed by atoms with E-state index in [9.17, 15) is 0 Å². The Morgan fingerprint density at radius 3 is 3.05 bits per heavy atom. The number of pyridine rings is 1. The zero-order chi connectivity index (χ0) is 13.8. The maximum Gasteiger partial charge on any atom is 0.172 e. The van der Waals surface area contributed by atoms with Crippen LogP contribution in [0.1, 0.15) is 18.4 Å². The number of nitrogens with zero attached hydrogens (tertiary/aromatic N) is 1. The summed E-state index contributed by atoms with van der Waals surface area (Å²) in [7, 11) is 0. The molecule has 7 heteroatoms. The van der Waals surface area contributed by atoms with Crippen LogP contribution in [0.25, 0.3) is 0 Å². The molecule has 1 aromatic rings. The first-order valence-corrected chi connectivity index (χ1v) is 7.21. The third-order valence-electron chi connectivity index (χ3n) is 2.95. The average molecular weight is 320 g/mol. The standard InChI is InChI=1S/C12H15Cl2N3OS/c1-7-9(13)6-15-11(10(7)14)17-12(19)16-5-8-3-2-4-18-8/h6,8H,2-5H2,1H3,(H2,15,16,17,19)/t8-/m0/s1. The molecule has 1 aliphatic rings. The minimum atomic E-state index is 0.232. The molecule has 0 spiro atoms. The van der Waals surface area contributed by atoms with Gasteiger partial charge in [-0.25, -0.2) is 4.98 Å². The van der Waals surface area contributed by atoms with Gasteiger partial charge in [-0.1, -0.05) is 23.2 Å². The minimum absolute atomic E-state index is 0.232. The van der Waals surface area contributed by atoms with Crippen molar-refractivity contribution >= 4 is 46.4 Å². The van der Waals surface area contributed by atoms with E-state index in [0.29, 0.717) is 27.5 Å². The van der Waals surface area contributed by atoms with Crippen LogP contribution in [0.2, 0.25) is 10.0 Å². The van der Waals surface area contributed by atoms with Gasteiger partial charge in [-0.15, -0.1) is 0 Å². The fraction of sp³-hybridized carbons (Fsp3) is 0.500. The van der Waals surface area contributed by atoms with Crippen LogP contribution in [0.5, 0.6) is 0 Å². The highest BCUT2D eigenvalue weighted by atomic mass is 35.5. The number of hydrogen-bond donors (Lipinski definition) is 2. The molecule has 1 fully saturated rings. The number of aromatic nitrogens is 1. The van der Waals surface area contributed by atoms with Crippen molar-refractivity contribution in [1.82, 2.24) is 10.3 Å². The number of hydrogen-bond acceptors (Lipinski definition) is 3. The smallest absolute Gasteiger partial charge is 0.172 e. The predicted octanol–water partition coefficient (Wildman–Crippen LogP) is 3.16. The van der Waals surface area contributed by atoms with Crippen molar-refractivity contribution in [2.75, 3.05) is 18.5 Å². The Kier molecular flexibility index (Phi) is 5.21. The van der Waals surface area contributed by atoms with Gasteiger partial charge in [0.25, 0.3) is 0 Å². The highest BCUT2D eigenvalue weighted by Crippen LogP contribution is 2.28. The number of anilines is 1. The lowest BCUT2D eigenvalue weighted by atomic mass is 10.2. The fourth-order valence-corrected chi connectivity index (χ4v) is 2.38. The molecule has 1 saturated heterocycles. The van der Waals surface area contributed by atoms with Crippen molar-refractivity contribution in [3.63, 3.8) is 0 Å². The van der Waals surface area contributed by atoms with Crippen molar-refractivity contribution in [3.05, 3.63) is 21.8 Å². The van der Waals surface area contributed by atoms with Crippen LogP contribution in [-0.2, 0) is 4.74 Å². The summed E-state index contributed by atoms with van der Waals surface area (Å²) in [5.74, 6) is 0.508. The molecule has 2 N–H and O–H groups in total. The van der Waals surface area contributed by atoms with E-state index in [2.05, 4.69) is 15.6 Å². The molecule has 0 aliphatic carbocycles. The van der Waals surface area contributed by atoms with E-state index >= 15 is 0 Å². The Bertz CT molecular complexity index is 478. The van der Waals surface area contributed by atoms with Crippen LogP contribution in [0.4, 0.5) is 5.82 Å². The van der Waals surface area contributed by atoms with Crippen molar-refractivity contribution in [3.8, 4) is 0 Å². The fourth-order valence-electron chi connectivity index (χ4n) is 1.81. The van der Waals surface area contributed by atoms with E-state index in [4.69, 9.17) is 40.2 Å². The molecule has 4 nitrogen and oxygen atoms in total. The molecule has 0 radical (unpaired) electrons. The number of nitrogens with one attached hydrogen (secondary N) is 2. The second-order valence-corrected chi connectivity index (χ2v) is 5.56. The van der Waals surface area contributed by atoms with Crippen molar-refractivity contribution < 1.29 is 4.74 Å². The van der Waals surface area contributed by atoms with Crippen LogP contribution in [0.15, 0.2) is 6.20 Å². The third-order valence-corrected chi connectivity index (χ3v) is 4.04. The third kappa shape index (κ3) is 3.92. The van der Waals surface area contributed by atoms with Crippen molar-refractivity contribution in [2.45, 2.75) is 25.9 Å². The largest absolute Gasteiger partial charge is 0.376 e. The van der Waals surface area contributed by atoms with Gasteiger partial charge in [0.2, 0.25) is 0 Å². The maximum atomic E-state index is 6.15. The molecule has 0 unspecified atom stereocenters.